The number of aryl methyl sites for hydroxylation is 1. The third-order valence-electron chi connectivity index (χ3n) is 7.03. The largest absolute Gasteiger partial charge is 0.385 e. The molecule has 0 bridgehead atoms. The third-order valence-corrected chi connectivity index (χ3v) is 7.03. The maximum absolute atomic E-state index is 13.7. The standard InChI is InChI=1S/C28H29F2N3O3/c1-17-4-6-20(32-26(34)19-8-9-31-25(13-19)28(3,29)30)14-22(17)18-5-7-23-24(12-18)33-10-11-36-16-21(33)15-27(23,2)35/h4-9,12-14,21,35H,10-11,15-16H2,1-3H3,(H,32,34)/t21-,27-/m1/s1. The second-order valence-electron chi connectivity index (χ2n) is 9.93. The van der Waals surface area contributed by atoms with E-state index in [1.807, 2.05) is 38.1 Å². The second-order valence-corrected chi connectivity index (χ2v) is 9.93. The number of aliphatic hydroxyl groups is 1. The Bertz CT molecular complexity index is 1320. The number of aromatic nitrogens is 1. The minimum Gasteiger partial charge on any atom is -0.385 e. The molecule has 1 fully saturated rings. The van der Waals surface area contributed by atoms with Crippen molar-refractivity contribution in [1.29, 1.82) is 0 Å². The Morgan fingerprint density at radius 1 is 1.22 bits per heavy atom. The Balaban J connectivity index is 1.46. The minimum absolute atomic E-state index is 0.109. The maximum Gasteiger partial charge on any atom is 0.286 e. The summed E-state index contributed by atoms with van der Waals surface area (Å²) in [6.07, 6.45) is 1.82. The highest BCUT2D eigenvalue weighted by atomic mass is 19.3. The lowest BCUT2D eigenvalue weighted by atomic mass is 9.81. The summed E-state index contributed by atoms with van der Waals surface area (Å²) in [6, 6.07) is 14.3. The summed E-state index contributed by atoms with van der Waals surface area (Å²) in [5, 5.41) is 13.9. The van der Waals surface area contributed by atoms with E-state index in [0.29, 0.717) is 25.3 Å². The van der Waals surface area contributed by atoms with Gasteiger partial charge in [0.25, 0.3) is 11.8 Å². The van der Waals surface area contributed by atoms with Gasteiger partial charge in [0, 0.05) is 48.6 Å². The molecule has 0 aliphatic carbocycles. The number of morpholine rings is 1. The van der Waals surface area contributed by atoms with Crippen LogP contribution in [0.5, 0.6) is 0 Å². The van der Waals surface area contributed by atoms with Crippen LogP contribution in [0.15, 0.2) is 54.7 Å². The van der Waals surface area contributed by atoms with E-state index in [1.54, 1.807) is 6.07 Å². The lowest BCUT2D eigenvalue weighted by Crippen LogP contribution is -2.52. The van der Waals surface area contributed by atoms with E-state index in [-0.39, 0.29) is 11.6 Å². The van der Waals surface area contributed by atoms with Crippen molar-refractivity contribution in [3.63, 3.8) is 0 Å². The zero-order chi connectivity index (χ0) is 25.7. The zero-order valence-electron chi connectivity index (χ0n) is 20.5. The molecule has 2 aromatic carbocycles. The summed E-state index contributed by atoms with van der Waals surface area (Å²) in [5.41, 5.74) is 4.07. The molecule has 1 aromatic heterocycles. The van der Waals surface area contributed by atoms with Gasteiger partial charge < -0.3 is 20.1 Å². The summed E-state index contributed by atoms with van der Waals surface area (Å²) in [7, 11) is 0. The van der Waals surface area contributed by atoms with Gasteiger partial charge in [0.15, 0.2) is 0 Å². The van der Waals surface area contributed by atoms with Gasteiger partial charge in [-0.25, -0.2) is 0 Å². The van der Waals surface area contributed by atoms with Gasteiger partial charge >= 0.3 is 0 Å². The van der Waals surface area contributed by atoms with E-state index in [9.17, 15) is 18.7 Å². The van der Waals surface area contributed by atoms with Crippen molar-refractivity contribution in [1.82, 2.24) is 4.98 Å². The number of hydrogen-bond donors (Lipinski definition) is 2. The van der Waals surface area contributed by atoms with Crippen LogP contribution >= 0.6 is 0 Å². The van der Waals surface area contributed by atoms with E-state index in [4.69, 9.17) is 4.74 Å². The smallest absolute Gasteiger partial charge is 0.286 e. The molecular formula is C28H29F2N3O3. The van der Waals surface area contributed by atoms with Crippen molar-refractivity contribution in [2.24, 2.45) is 0 Å². The second kappa shape index (κ2) is 8.94. The number of nitrogens with one attached hydrogen (secondary N) is 1. The first-order valence-corrected chi connectivity index (χ1v) is 12.0. The van der Waals surface area contributed by atoms with Crippen LogP contribution in [-0.2, 0) is 16.3 Å². The molecule has 2 N–H and O–H groups in total. The molecule has 2 aliphatic heterocycles. The first-order valence-electron chi connectivity index (χ1n) is 12.0. The molecule has 0 saturated carbocycles. The van der Waals surface area contributed by atoms with Crippen LogP contribution < -0.4 is 10.2 Å². The van der Waals surface area contributed by atoms with Crippen molar-refractivity contribution >= 4 is 17.3 Å². The Hall–Kier alpha value is -3.36. The van der Waals surface area contributed by atoms with E-state index < -0.39 is 23.1 Å². The average molecular weight is 494 g/mol. The highest BCUT2D eigenvalue weighted by Crippen LogP contribution is 2.44. The molecule has 8 heteroatoms. The van der Waals surface area contributed by atoms with Gasteiger partial charge in [-0.2, -0.15) is 8.78 Å². The van der Waals surface area contributed by atoms with Gasteiger partial charge in [0.1, 0.15) is 5.69 Å². The highest BCUT2D eigenvalue weighted by Gasteiger charge is 2.40. The van der Waals surface area contributed by atoms with Crippen LogP contribution in [0.2, 0.25) is 0 Å². The van der Waals surface area contributed by atoms with Crippen molar-refractivity contribution in [2.75, 3.05) is 30.0 Å². The molecule has 0 radical (unpaired) electrons. The molecule has 0 spiro atoms. The Labute approximate surface area is 208 Å². The molecule has 188 valence electrons. The Morgan fingerprint density at radius 3 is 2.81 bits per heavy atom. The van der Waals surface area contributed by atoms with Gasteiger partial charge in [-0.05, 0) is 60.9 Å². The summed E-state index contributed by atoms with van der Waals surface area (Å²) in [4.78, 5) is 18.8. The SMILES string of the molecule is Cc1ccc(NC(=O)c2ccnc(C(C)(F)F)c2)cc1-c1ccc2c(c1)N1CCOC[C@H]1C[C@@]2(C)O. The predicted octanol–water partition coefficient (Wildman–Crippen LogP) is 5.24. The first-order chi connectivity index (χ1) is 17.0. The number of halogens is 2. The monoisotopic (exact) mass is 493 g/mol. The highest BCUT2D eigenvalue weighted by molar-refractivity contribution is 6.04. The van der Waals surface area contributed by atoms with E-state index in [1.165, 1.54) is 12.3 Å². The molecule has 36 heavy (non-hydrogen) atoms. The number of benzene rings is 2. The number of anilines is 2. The molecule has 0 unspecified atom stereocenters. The number of pyridine rings is 1. The number of hydrogen-bond acceptors (Lipinski definition) is 5. The number of amides is 1. The molecule has 2 atom stereocenters. The normalized spacial score (nSPS) is 21.5. The van der Waals surface area contributed by atoms with Crippen LogP contribution in [0, 0.1) is 6.92 Å². The fraction of sp³-hybridized carbons (Fsp3) is 0.357. The van der Waals surface area contributed by atoms with Crippen LogP contribution in [0.1, 0.15) is 47.4 Å². The molecule has 1 amide bonds. The van der Waals surface area contributed by atoms with Crippen molar-refractivity contribution in [3.05, 3.63) is 77.1 Å². The Kier molecular flexibility index (Phi) is 6.04. The fourth-order valence-electron chi connectivity index (χ4n) is 5.13. The fourth-order valence-corrected chi connectivity index (χ4v) is 5.13. The van der Waals surface area contributed by atoms with E-state index >= 15 is 0 Å². The van der Waals surface area contributed by atoms with Gasteiger partial charge in [0.2, 0.25) is 0 Å². The van der Waals surface area contributed by atoms with Gasteiger partial charge in [0.05, 0.1) is 24.9 Å². The van der Waals surface area contributed by atoms with Crippen LogP contribution in [-0.4, -0.2) is 41.8 Å². The zero-order valence-corrected chi connectivity index (χ0v) is 20.5. The number of ether oxygens (including phenoxy) is 1. The summed E-state index contributed by atoms with van der Waals surface area (Å²) >= 11 is 0. The first kappa shape index (κ1) is 24.3. The van der Waals surface area contributed by atoms with Crippen LogP contribution in [0.4, 0.5) is 20.2 Å². The number of nitrogens with zero attached hydrogens (tertiary/aromatic N) is 2. The Morgan fingerprint density at radius 2 is 2.03 bits per heavy atom. The van der Waals surface area contributed by atoms with Gasteiger partial charge in [-0.15, -0.1) is 0 Å². The lowest BCUT2D eigenvalue weighted by Gasteiger charge is -2.47. The molecule has 3 aromatic rings. The number of carbonyl (C=O) groups excluding carboxylic acids is 1. The summed E-state index contributed by atoms with van der Waals surface area (Å²) in [5.74, 6) is -3.63. The number of alkyl halides is 2. The van der Waals surface area contributed by atoms with Crippen LogP contribution in [0.25, 0.3) is 11.1 Å². The molecule has 2 aliphatic rings. The molecule has 3 heterocycles. The van der Waals surface area contributed by atoms with E-state index in [2.05, 4.69) is 21.3 Å². The van der Waals surface area contributed by atoms with Crippen molar-refractivity contribution in [2.45, 2.75) is 44.8 Å². The van der Waals surface area contributed by atoms with Crippen molar-refractivity contribution in [3.8, 4) is 11.1 Å². The topological polar surface area (TPSA) is 74.7 Å². The average Bonchev–Trinajstić information content (AvgIpc) is 2.84. The maximum atomic E-state index is 13.7. The molecular weight excluding hydrogens is 464 g/mol. The number of rotatable bonds is 4. The third kappa shape index (κ3) is 4.58. The molecule has 6 nitrogen and oxygen atoms in total. The summed E-state index contributed by atoms with van der Waals surface area (Å²) in [6.45, 7) is 6.58. The number of carbonyl (C=O) groups is 1. The quantitative estimate of drug-likeness (QED) is 0.520. The molecule has 1 saturated heterocycles. The predicted molar refractivity (Wildman–Crippen MR) is 135 cm³/mol. The van der Waals surface area contributed by atoms with Gasteiger partial charge in [-0.3, -0.25) is 9.78 Å². The number of fused-ring (bicyclic) bond motifs is 3. The lowest BCUT2D eigenvalue weighted by molar-refractivity contribution is 0.00420. The summed E-state index contributed by atoms with van der Waals surface area (Å²) < 4.78 is 33.0. The molecule has 5 rings (SSSR count). The van der Waals surface area contributed by atoms with Crippen molar-refractivity contribution < 1.29 is 23.4 Å². The van der Waals surface area contributed by atoms with E-state index in [0.717, 1.165) is 47.5 Å². The van der Waals surface area contributed by atoms with Crippen LogP contribution in [0.3, 0.4) is 0 Å². The van der Waals surface area contributed by atoms with Gasteiger partial charge in [-0.1, -0.05) is 18.2 Å². The minimum atomic E-state index is -3.14.